The third-order valence-corrected chi connectivity index (χ3v) is 4.60. The average molecular weight is 467 g/mol. The Morgan fingerprint density at radius 1 is 1.22 bits per heavy atom. The van der Waals surface area contributed by atoms with Gasteiger partial charge in [0.05, 0.1) is 11.6 Å². The van der Waals surface area contributed by atoms with E-state index < -0.39 is 17.8 Å². The van der Waals surface area contributed by atoms with E-state index in [1.807, 2.05) is 19.1 Å². The SMILES string of the molecule is Cc1ccc(OC[C@H]2CCCNC2)c(Oc2ccc(F)cc2Cl)n1.O=C(O)/C=C/C(=O)O. The number of rotatable bonds is 7. The van der Waals surface area contributed by atoms with Crippen LogP contribution >= 0.6 is 11.6 Å². The lowest BCUT2D eigenvalue weighted by atomic mass is 10.0. The lowest BCUT2D eigenvalue weighted by molar-refractivity contribution is -0.134. The van der Waals surface area contributed by atoms with Crippen LogP contribution in [0.15, 0.2) is 42.5 Å². The Morgan fingerprint density at radius 2 is 1.91 bits per heavy atom. The molecule has 1 saturated heterocycles. The molecule has 0 saturated carbocycles. The van der Waals surface area contributed by atoms with Gasteiger partial charge in [0.1, 0.15) is 11.6 Å². The van der Waals surface area contributed by atoms with E-state index in [0.717, 1.165) is 31.6 Å². The number of nitrogens with zero attached hydrogens (tertiary/aromatic N) is 1. The maximum absolute atomic E-state index is 13.2. The second-order valence-electron chi connectivity index (χ2n) is 6.97. The monoisotopic (exact) mass is 466 g/mol. The lowest BCUT2D eigenvalue weighted by Gasteiger charge is -2.23. The standard InChI is InChI=1S/C18H20ClFN2O2.C4H4O4/c1-12-4-6-17(23-11-13-3-2-8-21-10-13)18(22-12)24-16-7-5-14(20)9-15(16)19;5-3(6)1-2-4(7)8/h4-7,9,13,21H,2-3,8,10-11H2,1H3;1-2H,(H,5,6)(H,7,8)/b;2-1+/t13-;/m0./s1. The van der Waals surface area contributed by atoms with Gasteiger partial charge in [-0.2, -0.15) is 0 Å². The summed E-state index contributed by atoms with van der Waals surface area (Å²) in [6.45, 7) is 4.50. The molecule has 1 aliphatic heterocycles. The van der Waals surface area contributed by atoms with Crippen LogP contribution in [0.2, 0.25) is 5.02 Å². The van der Waals surface area contributed by atoms with Crippen LogP contribution < -0.4 is 14.8 Å². The first kappa shape index (κ1) is 25.1. The molecule has 1 aromatic heterocycles. The van der Waals surface area contributed by atoms with Gasteiger partial charge < -0.3 is 25.0 Å². The Kier molecular flexibility index (Phi) is 9.90. The van der Waals surface area contributed by atoms with Crippen molar-refractivity contribution in [1.29, 1.82) is 0 Å². The van der Waals surface area contributed by atoms with Crippen LogP contribution in [0.25, 0.3) is 0 Å². The number of hydrogen-bond acceptors (Lipinski definition) is 6. The van der Waals surface area contributed by atoms with Gasteiger partial charge in [-0.15, -0.1) is 0 Å². The van der Waals surface area contributed by atoms with E-state index in [1.165, 1.54) is 18.2 Å². The molecule has 1 atom stereocenters. The van der Waals surface area contributed by atoms with Crippen molar-refractivity contribution in [3.05, 3.63) is 59.0 Å². The molecular formula is C22H24ClFN2O6. The van der Waals surface area contributed by atoms with E-state index in [2.05, 4.69) is 10.3 Å². The minimum atomic E-state index is -1.26. The number of hydrogen-bond donors (Lipinski definition) is 3. The number of aryl methyl sites for hydroxylation is 1. The second kappa shape index (κ2) is 12.6. The number of aliphatic carboxylic acids is 2. The van der Waals surface area contributed by atoms with Gasteiger partial charge in [0.2, 0.25) is 0 Å². The summed E-state index contributed by atoms with van der Waals surface area (Å²) in [5.41, 5.74) is 0.801. The fraction of sp³-hybridized carbons (Fsp3) is 0.318. The number of carbonyl (C=O) groups is 2. The van der Waals surface area contributed by atoms with Crippen LogP contribution in [0.3, 0.4) is 0 Å². The smallest absolute Gasteiger partial charge is 0.328 e. The number of piperidine rings is 1. The van der Waals surface area contributed by atoms with Gasteiger partial charge in [0, 0.05) is 30.3 Å². The molecule has 2 aromatic rings. The predicted octanol–water partition coefficient (Wildman–Crippen LogP) is 4.07. The summed E-state index contributed by atoms with van der Waals surface area (Å²) in [5.74, 6) is -1.20. The number of carboxylic acid groups (broad SMARTS) is 2. The van der Waals surface area contributed by atoms with Gasteiger partial charge >= 0.3 is 11.9 Å². The van der Waals surface area contributed by atoms with Crippen molar-refractivity contribution >= 4 is 23.5 Å². The topological polar surface area (TPSA) is 118 Å². The van der Waals surface area contributed by atoms with Gasteiger partial charge in [-0.1, -0.05) is 11.6 Å². The van der Waals surface area contributed by atoms with E-state index >= 15 is 0 Å². The highest BCUT2D eigenvalue weighted by atomic mass is 35.5. The number of ether oxygens (including phenoxy) is 2. The lowest BCUT2D eigenvalue weighted by Crippen LogP contribution is -2.33. The van der Waals surface area contributed by atoms with Gasteiger partial charge in [-0.05, 0) is 56.6 Å². The third-order valence-electron chi connectivity index (χ3n) is 4.31. The van der Waals surface area contributed by atoms with Gasteiger partial charge in [-0.25, -0.2) is 19.0 Å². The minimum absolute atomic E-state index is 0.195. The van der Waals surface area contributed by atoms with Crippen molar-refractivity contribution in [3.8, 4) is 17.4 Å². The van der Waals surface area contributed by atoms with E-state index in [4.69, 9.17) is 31.3 Å². The second-order valence-corrected chi connectivity index (χ2v) is 7.37. The highest BCUT2D eigenvalue weighted by Gasteiger charge is 2.16. The van der Waals surface area contributed by atoms with Crippen LogP contribution in [0.1, 0.15) is 18.5 Å². The van der Waals surface area contributed by atoms with Crippen molar-refractivity contribution in [2.24, 2.45) is 5.92 Å². The number of aromatic nitrogens is 1. The largest absolute Gasteiger partial charge is 0.488 e. The molecule has 0 aliphatic carbocycles. The predicted molar refractivity (Wildman–Crippen MR) is 116 cm³/mol. The Bertz CT molecular complexity index is 947. The maximum atomic E-state index is 13.2. The fourth-order valence-corrected chi connectivity index (χ4v) is 2.99. The van der Waals surface area contributed by atoms with Crippen molar-refractivity contribution in [2.75, 3.05) is 19.7 Å². The number of carboxylic acids is 2. The van der Waals surface area contributed by atoms with Gasteiger partial charge in [0.15, 0.2) is 5.75 Å². The maximum Gasteiger partial charge on any atom is 0.328 e. The quantitative estimate of drug-likeness (QED) is 0.523. The van der Waals surface area contributed by atoms with Crippen molar-refractivity contribution in [3.63, 3.8) is 0 Å². The van der Waals surface area contributed by atoms with Crippen LogP contribution in [0, 0.1) is 18.7 Å². The summed E-state index contributed by atoms with van der Waals surface area (Å²) in [6.07, 6.45) is 3.42. The van der Waals surface area contributed by atoms with E-state index in [0.29, 0.717) is 42.1 Å². The Balaban J connectivity index is 0.000000390. The molecule has 8 nitrogen and oxygen atoms in total. The first-order valence-corrected chi connectivity index (χ1v) is 10.2. The molecule has 2 heterocycles. The van der Waals surface area contributed by atoms with Gasteiger partial charge in [-0.3, -0.25) is 0 Å². The van der Waals surface area contributed by atoms with Crippen LogP contribution in [0.4, 0.5) is 4.39 Å². The molecule has 32 heavy (non-hydrogen) atoms. The van der Waals surface area contributed by atoms with Gasteiger partial charge in [0.25, 0.3) is 5.88 Å². The van der Waals surface area contributed by atoms with E-state index in [-0.39, 0.29) is 5.02 Å². The number of halogens is 2. The Labute approximate surface area is 189 Å². The zero-order chi connectivity index (χ0) is 23.5. The zero-order valence-corrected chi connectivity index (χ0v) is 18.1. The van der Waals surface area contributed by atoms with E-state index in [9.17, 15) is 14.0 Å². The highest BCUT2D eigenvalue weighted by Crippen LogP contribution is 2.34. The summed E-state index contributed by atoms with van der Waals surface area (Å²) in [5, 5.41) is 19.2. The van der Waals surface area contributed by atoms with Crippen LogP contribution in [0.5, 0.6) is 17.4 Å². The molecule has 1 aromatic carbocycles. The Hall–Kier alpha value is -3.17. The van der Waals surface area contributed by atoms with Crippen molar-refractivity contribution in [2.45, 2.75) is 19.8 Å². The number of nitrogens with one attached hydrogen (secondary N) is 1. The normalized spacial score (nSPS) is 15.5. The first-order valence-electron chi connectivity index (χ1n) is 9.82. The number of pyridine rings is 1. The molecule has 1 fully saturated rings. The van der Waals surface area contributed by atoms with Crippen LogP contribution in [-0.2, 0) is 9.59 Å². The first-order chi connectivity index (χ1) is 15.2. The fourth-order valence-electron chi connectivity index (χ4n) is 2.78. The van der Waals surface area contributed by atoms with Crippen molar-refractivity contribution < 1.29 is 33.7 Å². The van der Waals surface area contributed by atoms with E-state index in [1.54, 1.807) is 0 Å². The molecule has 3 rings (SSSR count). The Morgan fingerprint density at radius 3 is 2.50 bits per heavy atom. The molecule has 0 unspecified atom stereocenters. The average Bonchev–Trinajstić information content (AvgIpc) is 2.75. The summed E-state index contributed by atoms with van der Waals surface area (Å²) in [4.78, 5) is 23.5. The molecule has 1 aliphatic rings. The molecular weight excluding hydrogens is 443 g/mol. The highest BCUT2D eigenvalue weighted by molar-refractivity contribution is 6.32. The molecule has 3 N–H and O–H groups in total. The van der Waals surface area contributed by atoms with Crippen molar-refractivity contribution in [1.82, 2.24) is 10.3 Å². The summed E-state index contributed by atoms with van der Waals surface area (Å²) in [6, 6.07) is 7.70. The third kappa shape index (κ3) is 8.91. The summed E-state index contributed by atoms with van der Waals surface area (Å²) < 4.78 is 24.9. The minimum Gasteiger partial charge on any atom is -0.488 e. The summed E-state index contributed by atoms with van der Waals surface area (Å²) >= 11 is 6.03. The molecule has 0 spiro atoms. The molecule has 0 amide bonds. The molecule has 172 valence electrons. The zero-order valence-electron chi connectivity index (χ0n) is 17.4. The molecule has 0 radical (unpaired) electrons. The molecule has 0 bridgehead atoms. The number of benzene rings is 1. The van der Waals surface area contributed by atoms with Crippen LogP contribution in [-0.4, -0.2) is 46.8 Å². The molecule has 10 heteroatoms. The summed E-state index contributed by atoms with van der Waals surface area (Å²) in [7, 11) is 0.